The summed E-state index contributed by atoms with van der Waals surface area (Å²) >= 11 is 0. The molecule has 6 nitrogen and oxygen atoms in total. The summed E-state index contributed by atoms with van der Waals surface area (Å²) < 4.78 is 16.8. The maximum absolute atomic E-state index is 9.21. The first-order valence-corrected chi connectivity index (χ1v) is 12.8. The van der Waals surface area contributed by atoms with Crippen LogP contribution in [0.1, 0.15) is 42.0 Å². The van der Waals surface area contributed by atoms with Gasteiger partial charge in [-0.2, -0.15) is 0 Å². The first kappa shape index (κ1) is 25.2. The van der Waals surface area contributed by atoms with E-state index in [2.05, 4.69) is 18.2 Å². The summed E-state index contributed by atoms with van der Waals surface area (Å²) in [5.74, 6) is 2.15. The molecule has 2 N–H and O–H groups in total. The van der Waals surface area contributed by atoms with Crippen molar-refractivity contribution in [3.05, 3.63) is 89.0 Å². The Hall–Kier alpha value is -2.89. The van der Waals surface area contributed by atoms with Gasteiger partial charge in [0.15, 0.2) is 0 Å². The Morgan fingerprint density at radius 3 is 2.09 bits per heavy atom. The Labute approximate surface area is 208 Å². The molecule has 3 aromatic carbocycles. The number of methoxy groups -OCH3 is 1. The average Bonchev–Trinajstić information content (AvgIpc) is 2.85. The molecule has 0 saturated carbocycles. The standard InChI is InChI=1S/C28H32NO5P/c1-19(29(2)3)33-22-15-11-20(12-16-22)28(21-13-17-23(18-14-21)34-35(30)31)26-9-5-8-25-24(26)7-6-10-27(25)32-4/h6-7,10-19,30-31H,5,8-9H2,1-4H3. The zero-order chi connectivity index (χ0) is 24.9. The molecule has 1 aliphatic rings. The molecule has 184 valence electrons. The number of allylic oxidation sites excluding steroid dienone is 1. The molecule has 0 aliphatic heterocycles. The molecule has 0 radical (unpaired) electrons. The molecule has 0 aromatic heterocycles. The molecule has 7 heteroatoms. The van der Waals surface area contributed by atoms with Crippen molar-refractivity contribution in [2.45, 2.75) is 32.4 Å². The van der Waals surface area contributed by atoms with Gasteiger partial charge in [0.2, 0.25) is 0 Å². The lowest BCUT2D eigenvalue weighted by Gasteiger charge is -2.25. The lowest BCUT2D eigenvalue weighted by Crippen LogP contribution is -2.30. The second kappa shape index (κ2) is 11.2. The maximum atomic E-state index is 9.21. The fourth-order valence-electron chi connectivity index (χ4n) is 4.43. The van der Waals surface area contributed by atoms with Crippen LogP contribution in [0.2, 0.25) is 0 Å². The minimum atomic E-state index is -2.46. The van der Waals surface area contributed by atoms with E-state index in [-0.39, 0.29) is 6.23 Å². The van der Waals surface area contributed by atoms with Crippen molar-refractivity contribution in [1.29, 1.82) is 0 Å². The Bertz CT molecular complexity index is 1170. The largest absolute Gasteiger partial charge is 0.496 e. The van der Waals surface area contributed by atoms with Crippen molar-refractivity contribution in [2.24, 2.45) is 0 Å². The number of rotatable bonds is 8. The Morgan fingerprint density at radius 2 is 1.51 bits per heavy atom. The van der Waals surface area contributed by atoms with E-state index in [1.54, 1.807) is 19.2 Å². The van der Waals surface area contributed by atoms with E-state index in [1.165, 1.54) is 16.7 Å². The van der Waals surface area contributed by atoms with E-state index >= 15 is 0 Å². The van der Waals surface area contributed by atoms with E-state index in [0.29, 0.717) is 5.75 Å². The van der Waals surface area contributed by atoms with Gasteiger partial charge in [0.05, 0.1) is 7.11 Å². The first-order chi connectivity index (χ1) is 16.9. The van der Waals surface area contributed by atoms with E-state index < -0.39 is 8.60 Å². The fraction of sp³-hybridized carbons (Fsp3) is 0.286. The SMILES string of the molecule is COc1cccc2c1CCCC2=C(c1ccc(OC(C)N(C)C)cc1)c1ccc(OP(O)O)cc1. The predicted octanol–water partition coefficient (Wildman–Crippen LogP) is 5.87. The van der Waals surface area contributed by atoms with Crippen molar-refractivity contribution >= 4 is 19.7 Å². The average molecular weight is 494 g/mol. The van der Waals surface area contributed by atoms with E-state index in [4.69, 9.17) is 14.0 Å². The number of fused-ring (bicyclic) bond motifs is 1. The zero-order valence-electron chi connectivity index (χ0n) is 20.6. The highest BCUT2D eigenvalue weighted by molar-refractivity contribution is 7.39. The Kier molecular flexibility index (Phi) is 8.09. The second-order valence-electron chi connectivity index (χ2n) is 8.77. The molecule has 1 aliphatic carbocycles. The Morgan fingerprint density at radius 1 is 0.886 bits per heavy atom. The molecule has 4 rings (SSSR count). The molecule has 1 atom stereocenters. The Balaban J connectivity index is 1.82. The lowest BCUT2D eigenvalue weighted by atomic mass is 9.80. The summed E-state index contributed by atoms with van der Waals surface area (Å²) in [6, 6.07) is 21.9. The summed E-state index contributed by atoms with van der Waals surface area (Å²) in [5.41, 5.74) is 6.95. The maximum Gasteiger partial charge on any atom is 0.391 e. The number of nitrogens with zero attached hydrogens (tertiary/aromatic N) is 1. The predicted molar refractivity (Wildman–Crippen MR) is 140 cm³/mol. The van der Waals surface area contributed by atoms with Gasteiger partial charge in [0.1, 0.15) is 23.5 Å². The minimum Gasteiger partial charge on any atom is -0.496 e. The molecule has 0 spiro atoms. The van der Waals surface area contributed by atoms with Crippen molar-refractivity contribution in [1.82, 2.24) is 4.90 Å². The van der Waals surface area contributed by atoms with Gasteiger partial charge in [-0.25, -0.2) is 0 Å². The van der Waals surface area contributed by atoms with Crippen LogP contribution in [0.4, 0.5) is 0 Å². The highest BCUT2D eigenvalue weighted by atomic mass is 31.2. The molecule has 0 fully saturated rings. The number of ether oxygens (including phenoxy) is 2. The normalized spacial score (nSPS) is 15.5. The summed E-state index contributed by atoms with van der Waals surface area (Å²) in [4.78, 5) is 20.4. The molecular weight excluding hydrogens is 461 g/mol. The topological polar surface area (TPSA) is 71.4 Å². The number of hydrogen-bond acceptors (Lipinski definition) is 6. The number of benzene rings is 3. The van der Waals surface area contributed by atoms with Gasteiger partial charge < -0.3 is 23.8 Å². The van der Waals surface area contributed by atoms with Gasteiger partial charge in [0, 0.05) is 5.56 Å². The van der Waals surface area contributed by atoms with Crippen LogP contribution in [0, 0.1) is 0 Å². The van der Waals surface area contributed by atoms with Crippen LogP contribution in [-0.2, 0) is 6.42 Å². The van der Waals surface area contributed by atoms with Gasteiger partial charge in [-0.1, -0.05) is 36.4 Å². The zero-order valence-corrected chi connectivity index (χ0v) is 21.5. The van der Waals surface area contributed by atoms with Gasteiger partial charge >= 0.3 is 8.60 Å². The van der Waals surface area contributed by atoms with Crippen LogP contribution in [0.15, 0.2) is 66.7 Å². The fourth-order valence-corrected chi connectivity index (χ4v) is 4.74. The van der Waals surface area contributed by atoms with Gasteiger partial charge in [0.25, 0.3) is 0 Å². The van der Waals surface area contributed by atoms with Gasteiger partial charge in [-0.05, 0) is 98.4 Å². The third-order valence-electron chi connectivity index (χ3n) is 6.34. The van der Waals surface area contributed by atoms with Crippen molar-refractivity contribution in [2.75, 3.05) is 21.2 Å². The van der Waals surface area contributed by atoms with E-state index in [9.17, 15) is 9.79 Å². The first-order valence-electron chi connectivity index (χ1n) is 11.7. The monoisotopic (exact) mass is 493 g/mol. The summed E-state index contributed by atoms with van der Waals surface area (Å²) in [7, 11) is 3.24. The van der Waals surface area contributed by atoms with Crippen molar-refractivity contribution in [3.63, 3.8) is 0 Å². The van der Waals surface area contributed by atoms with Crippen LogP contribution < -0.4 is 14.0 Å². The third kappa shape index (κ3) is 5.85. The third-order valence-corrected chi connectivity index (χ3v) is 6.71. The van der Waals surface area contributed by atoms with Crippen LogP contribution >= 0.6 is 8.60 Å². The van der Waals surface area contributed by atoms with Crippen molar-refractivity contribution in [3.8, 4) is 17.2 Å². The number of hydrogen-bond donors (Lipinski definition) is 2. The lowest BCUT2D eigenvalue weighted by molar-refractivity contribution is 0.0815. The smallest absolute Gasteiger partial charge is 0.391 e. The molecule has 35 heavy (non-hydrogen) atoms. The molecule has 3 aromatic rings. The van der Waals surface area contributed by atoms with Crippen LogP contribution in [0.25, 0.3) is 11.1 Å². The van der Waals surface area contributed by atoms with Gasteiger partial charge in [-0.3, -0.25) is 4.90 Å². The molecule has 0 heterocycles. The van der Waals surface area contributed by atoms with E-state index in [0.717, 1.165) is 47.5 Å². The highest BCUT2D eigenvalue weighted by Crippen LogP contribution is 2.43. The molecule has 1 unspecified atom stereocenters. The van der Waals surface area contributed by atoms with Gasteiger partial charge in [-0.15, -0.1) is 0 Å². The van der Waals surface area contributed by atoms with Crippen LogP contribution in [-0.4, -0.2) is 42.1 Å². The summed E-state index contributed by atoms with van der Waals surface area (Å²) in [6.07, 6.45) is 2.93. The quantitative estimate of drug-likeness (QED) is 0.302. The van der Waals surface area contributed by atoms with Crippen LogP contribution in [0.5, 0.6) is 17.2 Å². The van der Waals surface area contributed by atoms with Crippen molar-refractivity contribution < 1.29 is 23.8 Å². The molecule has 0 saturated heterocycles. The molecule has 0 bridgehead atoms. The minimum absolute atomic E-state index is 0.0348. The summed E-state index contributed by atoms with van der Waals surface area (Å²) in [5, 5.41) is 0. The molecule has 0 amide bonds. The second-order valence-corrected chi connectivity index (χ2v) is 9.46. The molecular formula is C28H32NO5P. The van der Waals surface area contributed by atoms with Crippen LogP contribution in [0.3, 0.4) is 0 Å². The highest BCUT2D eigenvalue weighted by Gasteiger charge is 2.22. The summed E-state index contributed by atoms with van der Waals surface area (Å²) in [6.45, 7) is 2.02. The van der Waals surface area contributed by atoms with E-state index in [1.807, 2.05) is 62.3 Å².